The van der Waals surface area contributed by atoms with Gasteiger partial charge in [-0.1, -0.05) is 25.8 Å². The summed E-state index contributed by atoms with van der Waals surface area (Å²) in [6.45, 7) is 6.01. The lowest BCUT2D eigenvalue weighted by atomic mass is 9.98. The molecule has 0 aliphatic carbocycles. The number of benzene rings is 1. The van der Waals surface area contributed by atoms with Gasteiger partial charge in [0.05, 0.1) is 0 Å². The van der Waals surface area contributed by atoms with Gasteiger partial charge < -0.3 is 5.32 Å². The lowest BCUT2D eigenvalue weighted by Gasteiger charge is -2.35. The Morgan fingerprint density at radius 2 is 1.81 bits per heavy atom. The number of piperazine rings is 1. The first kappa shape index (κ1) is 20.6. The average Bonchev–Trinajstić information content (AvgIpc) is 2.44. The number of halogens is 4. The van der Waals surface area contributed by atoms with Gasteiger partial charge in [-0.05, 0) is 24.1 Å². The van der Waals surface area contributed by atoms with E-state index in [1.54, 1.807) is 6.07 Å². The third-order valence-electron chi connectivity index (χ3n) is 3.75. The molecule has 0 amide bonds. The largest absolute Gasteiger partial charge is 0.314 e. The summed E-state index contributed by atoms with van der Waals surface area (Å²) in [4.78, 5) is 2.37. The molecule has 0 bridgehead atoms. The van der Waals surface area contributed by atoms with Crippen LogP contribution < -0.4 is 5.32 Å². The SMILES string of the molecule is CCCC[C@@H](c1ccc(F)c(F)c1)N1CCNCC1.Cl.Cl. The second-order valence-corrected chi connectivity index (χ2v) is 5.12. The smallest absolute Gasteiger partial charge is 0.159 e. The Morgan fingerprint density at radius 3 is 2.38 bits per heavy atom. The number of nitrogens with one attached hydrogen (secondary N) is 1. The van der Waals surface area contributed by atoms with Crippen LogP contribution in [0.1, 0.15) is 37.8 Å². The van der Waals surface area contributed by atoms with Crippen LogP contribution in [0.5, 0.6) is 0 Å². The molecule has 1 atom stereocenters. The summed E-state index contributed by atoms with van der Waals surface area (Å²) in [5.74, 6) is -1.51. The minimum atomic E-state index is -0.765. The minimum Gasteiger partial charge on any atom is -0.314 e. The van der Waals surface area contributed by atoms with Crippen LogP contribution in [0, 0.1) is 11.6 Å². The quantitative estimate of drug-likeness (QED) is 0.873. The maximum absolute atomic E-state index is 13.4. The van der Waals surface area contributed by atoms with Gasteiger partial charge in [0, 0.05) is 32.2 Å². The van der Waals surface area contributed by atoms with E-state index < -0.39 is 11.6 Å². The molecule has 1 heterocycles. The zero-order valence-corrected chi connectivity index (χ0v) is 13.9. The highest BCUT2D eigenvalue weighted by molar-refractivity contribution is 5.85. The molecular formula is C15H24Cl2F2N2. The second-order valence-electron chi connectivity index (χ2n) is 5.12. The summed E-state index contributed by atoms with van der Waals surface area (Å²) in [5.41, 5.74) is 0.897. The molecule has 1 saturated heterocycles. The van der Waals surface area contributed by atoms with Gasteiger partial charge in [-0.15, -0.1) is 24.8 Å². The fraction of sp³-hybridized carbons (Fsp3) is 0.600. The Kier molecular flexibility index (Phi) is 10.1. The van der Waals surface area contributed by atoms with E-state index in [1.807, 2.05) is 0 Å². The molecule has 1 aliphatic heterocycles. The number of nitrogens with zero attached hydrogens (tertiary/aromatic N) is 1. The summed E-state index contributed by atoms with van der Waals surface area (Å²) in [5, 5.41) is 3.32. The molecule has 21 heavy (non-hydrogen) atoms. The molecule has 1 aromatic carbocycles. The van der Waals surface area contributed by atoms with E-state index in [0.29, 0.717) is 0 Å². The van der Waals surface area contributed by atoms with Crippen molar-refractivity contribution in [3.05, 3.63) is 35.4 Å². The molecule has 0 aromatic heterocycles. The molecule has 0 spiro atoms. The van der Waals surface area contributed by atoms with Crippen molar-refractivity contribution in [3.63, 3.8) is 0 Å². The molecule has 0 radical (unpaired) electrons. The zero-order valence-electron chi connectivity index (χ0n) is 12.3. The predicted molar refractivity (Wildman–Crippen MR) is 87.6 cm³/mol. The van der Waals surface area contributed by atoms with E-state index in [1.165, 1.54) is 12.1 Å². The first-order chi connectivity index (χ1) is 9.22. The summed E-state index contributed by atoms with van der Waals surface area (Å²) in [6, 6.07) is 4.53. The molecule has 1 fully saturated rings. The van der Waals surface area contributed by atoms with Crippen molar-refractivity contribution >= 4 is 24.8 Å². The van der Waals surface area contributed by atoms with Gasteiger partial charge in [0.25, 0.3) is 0 Å². The van der Waals surface area contributed by atoms with Crippen LogP contribution in [0.4, 0.5) is 8.78 Å². The Morgan fingerprint density at radius 1 is 1.14 bits per heavy atom. The predicted octanol–water partition coefficient (Wildman–Crippen LogP) is 3.94. The monoisotopic (exact) mass is 340 g/mol. The van der Waals surface area contributed by atoms with Crippen LogP contribution in [0.15, 0.2) is 18.2 Å². The molecular weight excluding hydrogens is 317 g/mol. The van der Waals surface area contributed by atoms with E-state index in [0.717, 1.165) is 51.0 Å². The van der Waals surface area contributed by atoms with E-state index in [9.17, 15) is 8.78 Å². The Bertz CT molecular complexity index is 413. The van der Waals surface area contributed by atoms with E-state index >= 15 is 0 Å². The van der Waals surface area contributed by atoms with Gasteiger partial charge >= 0.3 is 0 Å². The molecule has 1 N–H and O–H groups in total. The number of rotatable bonds is 5. The Hall–Kier alpha value is -0.420. The molecule has 1 aromatic rings. The lowest BCUT2D eigenvalue weighted by molar-refractivity contribution is 0.163. The van der Waals surface area contributed by atoms with Gasteiger partial charge in [-0.2, -0.15) is 0 Å². The fourth-order valence-electron chi connectivity index (χ4n) is 2.67. The second kappa shape index (κ2) is 10.3. The molecule has 0 unspecified atom stereocenters. The van der Waals surface area contributed by atoms with Crippen LogP contribution in [-0.4, -0.2) is 31.1 Å². The topological polar surface area (TPSA) is 15.3 Å². The lowest BCUT2D eigenvalue weighted by Crippen LogP contribution is -2.45. The van der Waals surface area contributed by atoms with Crippen LogP contribution in [0.25, 0.3) is 0 Å². The van der Waals surface area contributed by atoms with E-state index in [-0.39, 0.29) is 30.9 Å². The highest BCUT2D eigenvalue weighted by Gasteiger charge is 2.22. The Labute approximate surface area is 138 Å². The molecule has 2 nitrogen and oxygen atoms in total. The standard InChI is InChI=1S/C15H22F2N2.2ClH/c1-2-3-4-15(19-9-7-18-8-10-19)12-5-6-13(16)14(17)11-12;;/h5-6,11,15,18H,2-4,7-10H2,1H3;2*1H/t15-;;/m0../s1. The summed E-state index contributed by atoms with van der Waals surface area (Å²) in [7, 11) is 0. The average molecular weight is 341 g/mol. The Balaban J connectivity index is 0.00000200. The van der Waals surface area contributed by atoms with Gasteiger partial charge in [-0.25, -0.2) is 8.78 Å². The third kappa shape index (κ3) is 5.70. The normalized spacial score (nSPS) is 16.7. The summed E-state index contributed by atoms with van der Waals surface area (Å²) < 4.78 is 26.5. The van der Waals surface area contributed by atoms with Crippen LogP contribution >= 0.6 is 24.8 Å². The van der Waals surface area contributed by atoms with Gasteiger partial charge in [0.15, 0.2) is 11.6 Å². The van der Waals surface area contributed by atoms with E-state index in [4.69, 9.17) is 0 Å². The third-order valence-corrected chi connectivity index (χ3v) is 3.75. The first-order valence-electron chi connectivity index (χ1n) is 7.12. The first-order valence-corrected chi connectivity index (χ1v) is 7.12. The maximum atomic E-state index is 13.4. The van der Waals surface area contributed by atoms with Crippen LogP contribution in [-0.2, 0) is 0 Å². The van der Waals surface area contributed by atoms with Gasteiger partial charge in [0.1, 0.15) is 0 Å². The van der Waals surface area contributed by atoms with Crippen molar-refractivity contribution in [1.82, 2.24) is 10.2 Å². The molecule has 0 saturated carbocycles. The summed E-state index contributed by atoms with van der Waals surface area (Å²) in [6.07, 6.45) is 3.22. The molecule has 2 rings (SSSR count). The molecule has 122 valence electrons. The van der Waals surface area contributed by atoms with Crippen molar-refractivity contribution in [2.45, 2.75) is 32.2 Å². The van der Waals surface area contributed by atoms with Gasteiger partial charge in [0.2, 0.25) is 0 Å². The molecule has 6 heteroatoms. The molecule has 1 aliphatic rings. The van der Waals surface area contributed by atoms with Crippen molar-refractivity contribution in [3.8, 4) is 0 Å². The fourth-order valence-corrected chi connectivity index (χ4v) is 2.67. The van der Waals surface area contributed by atoms with Crippen LogP contribution in [0.3, 0.4) is 0 Å². The van der Waals surface area contributed by atoms with Crippen LogP contribution in [0.2, 0.25) is 0 Å². The zero-order chi connectivity index (χ0) is 13.7. The minimum absolute atomic E-state index is 0. The van der Waals surface area contributed by atoms with Crippen molar-refractivity contribution in [2.24, 2.45) is 0 Å². The van der Waals surface area contributed by atoms with Crippen molar-refractivity contribution < 1.29 is 8.78 Å². The van der Waals surface area contributed by atoms with Crippen molar-refractivity contribution in [1.29, 1.82) is 0 Å². The summed E-state index contributed by atoms with van der Waals surface area (Å²) >= 11 is 0. The van der Waals surface area contributed by atoms with Gasteiger partial charge in [-0.3, -0.25) is 4.90 Å². The number of hydrogen-bond donors (Lipinski definition) is 1. The van der Waals surface area contributed by atoms with E-state index in [2.05, 4.69) is 17.1 Å². The number of hydrogen-bond acceptors (Lipinski definition) is 2. The highest BCUT2D eigenvalue weighted by Crippen LogP contribution is 2.27. The van der Waals surface area contributed by atoms with Crippen molar-refractivity contribution in [2.75, 3.05) is 26.2 Å². The number of unbranched alkanes of at least 4 members (excludes halogenated alkanes) is 1. The maximum Gasteiger partial charge on any atom is 0.159 e. The highest BCUT2D eigenvalue weighted by atomic mass is 35.5.